The molecule has 0 amide bonds. The van der Waals surface area contributed by atoms with Gasteiger partial charge in [-0.05, 0) is 17.6 Å². The van der Waals surface area contributed by atoms with Gasteiger partial charge in [0.05, 0.1) is 24.4 Å². The van der Waals surface area contributed by atoms with Crippen molar-refractivity contribution in [3.05, 3.63) is 60.8 Å². The van der Waals surface area contributed by atoms with Gasteiger partial charge in [-0.25, -0.2) is 0 Å². The average Bonchev–Trinajstić information content (AvgIpc) is 2.65. The zero-order valence-electron chi connectivity index (χ0n) is 17.0. The molecule has 0 aliphatic heterocycles. The van der Waals surface area contributed by atoms with Crippen molar-refractivity contribution in [2.45, 2.75) is 58.5 Å². The zero-order valence-corrected chi connectivity index (χ0v) is 17.0. The van der Waals surface area contributed by atoms with Crippen LogP contribution in [0.3, 0.4) is 0 Å². The third kappa shape index (κ3) is 5.29. The Morgan fingerprint density at radius 1 is 0.815 bits per heavy atom. The van der Waals surface area contributed by atoms with Crippen LogP contribution in [0.5, 0.6) is 0 Å². The van der Waals surface area contributed by atoms with E-state index in [-0.39, 0.29) is 23.7 Å². The van der Waals surface area contributed by atoms with Crippen molar-refractivity contribution in [3.63, 3.8) is 0 Å². The molecule has 2 aliphatic carbocycles. The quantitative estimate of drug-likeness (QED) is 0.597. The third-order valence-corrected chi connectivity index (χ3v) is 6.08. The lowest BCUT2D eigenvalue weighted by Crippen LogP contribution is -2.41. The van der Waals surface area contributed by atoms with Crippen LogP contribution in [0.25, 0.3) is 0 Å². The Labute approximate surface area is 163 Å². The minimum Gasteiger partial charge on any atom is -0.392 e. The van der Waals surface area contributed by atoms with Gasteiger partial charge in [-0.15, -0.1) is 0 Å². The van der Waals surface area contributed by atoms with Crippen LogP contribution in [0.4, 0.5) is 0 Å². The van der Waals surface area contributed by atoms with Gasteiger partial charge in [0.1, 0.15) is 0 Å². The van der Waals surface area contributed by atoms with Crippen molar-refractivity contribution in [3.8, 4) is 0 Å². The van der Waals surface area contributed by atoms with E-state index in [4.69, 9.17) is 0 Å². The largest absolute Gasteiger partial charge is 0.392 e. The predicted octanol–water partition coefficient (Wildman–Crippen LogP) is 3.16. The normalized spacial score (nSPS) is 42.4. The van der Waals surface area contributed by atoms with Gasteiger partial charge >= 0.3 is 0 Å². The van der Waals surface area contributed by atoms with Crippen LogP contribution in [0, 0.1) is 23.7 Å². The van der Waals surface area contributed by atoms with Crippen LogP contribution >= 0.6 is 0 Å². The molecule has 0 aromatic heterocycles. The summed E-state index contributed by atoms with van der Waals surface area (Å²) in [5.74, 6) is -0.0354. The fraction of sp³-hybridized carbons (Fsp3) is 0.565. The molecule has 8 atom stereocenters. The van der Waals surface area contributed by atoms with Crippen molar-refractivity contribution >= 4 is 0 Å². The minimum absolute atomic E-state index is 0.0129. The van der Waals surface area contributed by atoms with Crippen LogP contribution in [-0.2, 0) is 0 Å². The molecule has 2 rings (SSSR count). The molecule has 2 aliphatic rings. The highest BCUT2D eigenvalue weighted by Gasteiger charge is 2.37. The SMILES string of the molecule is C=C/C=C1/C(=C)[C@@H](O)[C@@H](C)[C@H](O)[C@H]1C.C=C/C=C1/C[C@@H](O)[C@@H](C)[C@H](O)[C@H]1C. The molecule has 4 N–H and O–H groups in total. The Bertz CT molecular complexity index is 603. The molecule has 2 saturated carbocycles. The van der Waals surface area contributed by atoms with Crippen LogP contribution in [0.2, 0.25) is 0 Å². The predicted molar refractivity (Wildman–Crippen MR) is 111 cm³/mol. The van der Waals surface area contributed by atoms with Gasteiger partial charge in [-0.1, -0.05) is 77.3 Å². The van der Waals surface area contributed by atoms with Gasteiger partial charge in [0.2, 0.25) is 0 Å². The van der Waals surface area contributed by atoms with Gasteiger partial charge in [0.15, 0.2) is 0 Å². The second-order valence-corrected chi connectivity index (χ2v) is 7.85. The standard InChI is InChI=1S/C12H18O2.C11H18O2/c1-5-6-10-7(2)11(13)9(4)12(14)8(10)3;1-4-5-9-6-10(12)8(3)11(13)7(9)2/h5-6,8-9,11-14H,1-2H2,3-4H3;4-5,7-8,10-13H,1,6H2,2-3H3/b10-6-;9-5-/t8-,9+,11+,12+;7-,8+,10+,11+/m00/s1. The summed E-state index contributed by atoms with van der Waals surface area (Å²) in [6.45, 7) is 18.7. The van der Waals surface area contributed by atoms with E-state index < -0.39 is 24.4 Å². The maximum absolute atomic E-state index is 9.86. The lowest BCUT2D eigenvalue weighted by atomic mass is 9.73. The molecule has 0 aromatic rings. The van der Waals surface area contributed by atoms with E-state index in [0.717, 1.165) is 11.1 Å². The van der Waals surface area contributed by atoms with Crippen LogP contribution < -0.4 is 0 Å². The molecular weight excluding hydrogens is 340 g/mol. The molecule has 0 saturated heterocycles. The number of hydrogen-bond donors (Lipinski definition) is 4. The number of rotatable bonds is 2. The first-order chi connectivity index (χ1) is 12.6. The van der Waals surface area contributed by atoms with Gasteiger partial charge in [-0.2, -0.15) is 0 Å². The Balaban J connectivity index is 0.000000271. The maximum atomic E-state index is 9.86. The molecule has 0 radical (unpaired) electrons. The molecule has 4 heteroatoms. The number of allylic oxidation sites excluding steroid dienone is 4. The second-order valence-electron chi connectivity index (χ2n) is 7.85. The van der Waals surface area contributed by atoms with Crippen molar-refractivity contribution in [2.75, 3.05) is 0 Å². The van der Waals surface area contributed by atoms with Crippen LogP contribution in [0.15, 0.2) is 60.8 Å². The summed E-state index contributed by atoms with van der Waals surface area (Å²) >= 11 is 0. The summed E-state index contributed by atoms with van der Waals surface area (Å²) in [6, 6.07) is 0. The summed E-state index contributed by atoms with van der Waals surface area (Å²) in [7, 11) is 0. The number of aliphatic hydroxyl groups is 4. The fourth-order valence-corrected chi connectivity index (χ4v) is 3.88. The lowest BCUT2D eigenvalue weighted by molar-refractivity contribution is -0.0208. The Morgan fingerprint density at radius 2 is 1.33 bits per heavy atom. The molecule has 0 unspecified atom stereocenters. The molecule has 0 aromatic carbocycles. The van der Waals surface area contributed by atoms with Crippen molar-refractivity contribution in [2.24, 2.45) is 23.7 Å². The van der Waals surface area contributed by atoms with Crippen molar-refractivity contribution in [1.82, 2.24) is 0 Å². The molecule has 2 fully saturated rings. The monoisotopic (exact) mass is 376 g/mol. The minimum atomic E-state index is -0.646. The van der Waals surface area contributed by atoms with E-state index >= 15 is 0 Å². The van der Waals surface area contributed by atoms with Gasteiger partial charge in [0, 0.05) is 23.7 Å². The highest BCUT2D eigenvalue weighted by molar-refractivity contribution is 5.39. The van der Waals surface area contributed by atoms with E-state index in [1.807, 2.05) is 39.8 Å². The Morgan fingerprint density at radius 3 is 1.85 bits per heavy atom. The van der Waals surface area contributed by atoms with E-state index in [1.165, 1.54) is 0 Å². The summed E-state index contributed by atoms with van der Waals surface area (Å²) in [6.07, 6.45) is 5.72. The molecular formula is C23H36O4. The molecule has 152 valence electrons. The van der Waals surface area contributed by atoms with Gasteiger partial charge in [0.25, 0.3) is 0 Å². The van der Waals surface area contributed by atoms with E-state index in [9.17, 15) is 20.4 Å². The average molecular weight is 377 g/mol. The van der Waals surface area contributed by atoms with E-state index in [2.05, 4.69) is 19.7 Å². The van der Waals surface area contributed by atoms with E-state index in [0.29, 0.717) is 12.0 Å². The first-order valence-electron chi connectivity index (χ1n) is 9.63. The summed E-state index contributed by atoms with van der Waals surface area (Å²) in [5, 5.41) is 39.1. The van der Waals surface area contributed by atoms with E-state index in [1.54, 1.807) is 12.2 Å². The fourth-order valence-electron chi connectivity index (χ4n) is 3.88. The molecule has 0 bridgehead atoms. The first kappa shape index (κ1) is 23.6. The molecule has 27 heavy (non-hydrogen) atoms. The topological polar surface area (TPSA) is 80.9 Å². The highest BCUT2D eigenvalue weighted by atomic mass is 16.3. The maximum Gasteiger partial charge on any atom is 0.0837 e. The van der Waals surface area contributed by atoms with Crippen molar-refractivity contribution in [1.29, 1.82) is 0 Å². The molecule has 0 spiro atoms. The van der Waals surface area contributed by atoms with Gasteiger partial charge < -0.3 is 20.4 Å². The summed E-state index contributed by atoms with van der Waals surface area (Å²) in [4.78, 5) is 0. The third-order valence-electron chi connectivity index (χ3n) is 6.08. The molecule has 0 heterocycles. The summed E-state index contributed by atoms with van der Waals surface area (Å²) < 4.78 is 0. The number of hydrogen-bond acceptors (Lipinski definition) is 4. The number of aliphatic hydroxyl groups excluding tert-OH is 4. The lowest BCUT2D eigenvalue weighted by Gasteiger charge is -2.38. The molecule has 4 nitrogen and oxygen atoms in total. The second kappa shape index (κ2) is 10.2. The van der Waals surface area contributed by atoms with Crippen molar-refractivity contribution < 1.29 is 20.4 Å². The summed E-state index contributed by atoms with van der Waals surface area (Å²) in [5.41, 5.74) is 2.70. The van der Waals surface area contributed by atoms with Crippen LogP contribution in [0.1, 0.15) is 34.1 Å². The Hall–Kier alpha value is -1.46. The zero-order chi connectivity index (χ0) is 20.9. The highest BCUT2D eigenvalue weighted by Crippen LogP contribution is 2.36. The first-order valence-corrected chi connectivity index (χ1v) is 9.63. The smallest absolute Gasteiger partial charge is 0.0837 e. The van der Waals surface area contributed by atoms with Crippen LogP contribution in [-0.4, -0.2) is 44.8 Å². The Kier molecular flexibility index (Phi) is 8.89. The van der Waals surface area contributed by atoms with Gasteiger partial charge in [-0.3, -0.25) is 0 Å².